The number of alkyl halides is 3. The molecule has 0 saturated carbocycles. The Labute approximate surface area is 138 Å². The fourth-order valence-corrected chi connectivity index (χ4v) is 2.40. The minimum absolute atomic E-state index is 0.0165. The smallest absolute Gasteiger partial charge is 0.446 e. The highest BCUT2D eigenvalue weighted by molar-refractivity contribution is 8.00. The van der Waals surface area contributed by atoms with E-state index < -0.39 is 28.2 Å². The molecule has 2 aromatic rings. The van der Waals surface area contributed by atoms with E-state index in [0.29, 0.717) is 5.56 Å². The number of aromatic hydroxyl groups is 1. The van der Waals surface area contributed by atoms with Crippen molar-refractivity contribution in [3.05, 3.63) is 63.7 Å². The van der Waals surface area contributed by atoms with Crippen LogP contribution in [0.15, 0.2) is 50.5 Å². The Morgan fingerprint density at radius 2 is 1.88 bits per heavy atom. The van der Waals surface area contributed by atoms with Gasteiger partial charge in [-0.3, -0.25) is 4.79 Å². The Kier molecular flexibility index (Phi) is 5.18. The number of carbonyl (C=O) groups excluding carboxylic acids is 1. The molecule has 0 fully saturated rings. The first kappa shape index (κ1) is 17.9. The molecule has 0 spiro atoms. The zero-order valence-corrected chi connectivity index (χ0v) is 13.1. The topological polar surface area (TPSA) is 67.5 Å². The van der Waals surface area contributed by atoms with E-state index in [-0.39, 0.29) is 22.4 Å². The summed E-state index contributed by atoms with van der Waals surface area (Å²) in [6.45, 7) is 1.45. The van der Waals surface area contributed by atoms with Gasteiger partial charge in [0.1, 0.15) is 17.1 Å². The summed E-state index contributed by atoms with van der Waals surface area (Å²) in [5.41, 5.74) is -5.37. The van der Waals surface area contributed by atoms with E-state index in [1.165, 1.54) is 37.3 Å². The molecule has 0 unspecified atom stereocenters. The number of hydrogen-bond acceptors (Lipinski definition) is 5. The van der Waals surface area contributed by atoms with Gasteiger partial charge in [-0.1, -0.05) is 18.2 Å². The summed E-state index contributed by atoms with van der Waals surface area (Å²) in [6.07, 6.45) is 2.36. The maximum Gasteiger partial charge on any atom is 0.446 e. The number of rotatable bonds is 4. The Morgan fingerprint density at radius 1 is 1.25 bits per heavy atom. The lowest BCUT2D eigenvalue weighted by Crippen LogP contribution is -2.12. The summed E-state index contributed by atoms with van der Waals surface area (Å²) in [7, 11) is 0. The molecule has 0 bridgehead atoms. The number of allylic oxidation sites excluding steroid dienone is 1. The van der Waals surface area contributed by atoms with E-state index in [1.54, 1.807) is 0 Å². The highest BCUT2D eigenvalue weighted by Gasteiger charge is 2.28. The van der Waals surface area contributed by atoms with E-state index in [9.17, 15) is 27.9 Å². The molecule has 8 heteroatoms. The molecule has 2 rings (SSSR count). The third-order valence-electron chi connectivity index (χ3n) is 2.84. The van der Waals surface area contributed by atoms with Gasteiger partial charge in [-0.25, -0.2) is 4.79 Å². The number of halogens is 3. The van der Waals surface area contributed by atoms with E-state index in [0.717, 1.165) is 12.1 Å². The Balaban J connectivity index is 2.16. The average Bonchev–Trinajstić information content (AvgIpc) is 2.43. The van der Waals surface area contributed by atoms with Gasteiger partial charge in [-0.2, -0.15) is 13.2 Å². The molecule has 126 valence electrons. The van der Waals surface area contributed by atoms with Gasteiger partial charge < -0.3 is 9.52 Å². The predicted molar refractivity (Wildman–Crippen MR) is 83.1 cm³/mol. The van der Waals surface area contributed by atoms with Crippen molar-refractivity contribution >= 4 is 23.6 Å². The standard InChI is InChI=1S/C16H11F3O4S/c1-9-8-13(21)14(15(22)23-9)12(20)7-4-10-2-5-11(6-3-10)24-16(17,18)19/h2-8,21H,1H3. The first-order chi connectivity index (χ1) is 11.2. The molecule has 0 aliphatic carbocycles. The summed E-state index contributed by atoms with van der Waals surface area (Å²) in [5, 5.41) is 9.66. The molecule has 1 aromatic carbocycles. The largest absolute Gasteiger partial charge is 0.507 e. The summed E-state index contributed by atoms with van der Waals surface area (Å²) >= 11 is -0.242. The molecular weight excluding hydrogens is 345 g/mol. The van der Waals surface area contributed by atoms with Gasteiger partial charge >= 0.3 is 11.1 Å². The Morgan fingerprint density at radius 3 is 2.42 bits per heavy atom. The van der Waals surface area contributed by atoms with Crippen LogP contribution >= 0.6 is 11.8 Å². The maximum atomic E-state index is 12.2. The molecular formula is C16H11F3O4S. The molecule has 0 amide bonds. The van der Waals surface area contributed by atoms with E-state index in [2.05, 4.69) is 0 Å². The average molecular weight is 356 g/mol. The van der Waals surface area contributed by atoms with Crippen LogP contribution in [-0.2, 0) is 0 Å². The monoisotopic (exact) mass is 356 g/mol. The quantitative estimate of drug-likeness (QED) is 0.506. The molecule has 1 heterocycles. The minimum Gasteiger partial charge on any atom is -0.507 e. The molecule has 24 heavy (non-hydrogen) atoms. The van der Waals surface area contributed by atoms with Crippen LogP contribution < -0.4 is 5.63 Å². The second-order valence-corrected chi connectivity index (χ2v) is 5.86. The molecule has 0 saturated heterocycles. The molecule has 1 N–H and O–H groups in total. The van der Waals surface area contributed by atoms with Crippen LogP contribution in [0.2, 0.25) is 0 Å². The highest BCUT2D eigenvalue weighted by Crippen LogP contribution is 2.36. The number of benzene rings is 1. The van der Waals surface area contributed by atoms with Crippen molar-refractivity contribution in [1.82, 2.24) is 0 Å². The third kappa shape index (κ3) is 4.76. The van der Waals surface area contributed by atoms with Crippen LogP contribution in [0.5, 0.6) is 5.75 Å². The van der Waals surface area contributed by atoms with Crippen molar-refractivity contribution in [1.29, 1.82) is 0 Å². The summed E-state index contributed by atoms with van der Waals surface area (Å²) < 4.78 is 41.4. The van der Waals surface area contributed by atoms with Gasteiger partial charge in [0, 0.05) is 11.0 Å². The van der Waals surface area contributed by atoms with E-state index in [1.807, 2.05) is 0 Å². The van der Waals surface area contributed by atoms with Gasteiger partial charge in [0.15, 0.2) is 5.78 Å². The lowest BCUT2D eigenvalue weighted by Gasteiger charge is -2.05. The Hall–Kier alpha value is -2.48. The van der Waals surface area contributed by atoms with Crippen LogP contribution in [-0.4, -0.2) is 16.4 Å². The van der Waals surface area contributed by atoms with Crippen LogP contribution in [0.3, 0.4) is 0 Å². The van der Waals surface area contributed by atoms with Crippen molar-refractivity contribution in [3.63, 3.8) is 0 Å². The molecule has 0 radical (unpaired) electrons. The third-order valence-corrected chi connectivity index (χ3v) is 3.58. The number of hydrogen-bond donors (Lipinski definition) is 1. The van der Waals surface area contributed by atoms with Crippen molar-refractivity contribution in [2.24, 2.45) is 0 Å². The van der Waals surface area contributed by atoms with Crippen molar-refractivity contribution in [3.8, 4) is 5.75 Å². The van der Waals surface area contributed by atoms with Crippen LogP contribution in [0, 0.1) is 6.92 Å². The summed E-state index contributed by atoms with van der Waals surface area (Å²) in [4.78, 5) is 23.6. The van der Waals surface area contributed by atoms with Gasteiger partial charge in [0.25, 0.3) is 0 Å². The molecule has 0 aliphatic rings. The van der Waals surface area contributed by atoms with Gasteiger partial charge in [0.05, 0.1) is 0 Å². The van der Waals surface area contributed by atoms with Crippen LogP contribution in [0.1, 0.15) is 21.7 Å². The van der Waals surface area contributed by atoms with Crippen LogP contribution in [0.25, 0.3) is 6.08 Å². The second kappa shape index (κ2) is 6.96. The first-order valence-corrected chi connectivity index (χ1v) is 7.39. The second-order valence-electron chi connectivity index (χ2n) is 4.72. The molecule has 4 nitrogen and oxygen atoms in total. The highest BCUT2D eigenvalue weighted by atomic mass is 32.2. The normalized spacial score (nSPS) is 11.8. The van der Waals surface area contributed by atoms with Crippen molar-refractivity contribution < 1.29 is 27.5 Å². The summed E-state index contributed by atoms with van der Waals surface area (Å²) in [6, 6.07) is 6.47. The fraction of sp³-hybridized carbons (Fsp3) is 0.125. The minimum atomic E-state index is -4.37. The van der Waals surface area contributed by atoms with Crippen LogP contribution in [0.4, 0.5) is 13.2 Å². The van der Waals surface area contributed by atoms with Crippen molar-refractivity contribution in [2.75, 3.05) is 0 Å². The number of carbonyl (C=O) groups is 1. The van der Waals surface area contributed by atoms with Crippen molar-refractivity contribution in [2.45, 2.75) is 17.3 Å². The summed E-state index contributed by atoms with van der Waals surface area (Å²) in [5.74, 6) is -1.10. The number of aryl methyl sites for hydroxylation is 1. The zero-order valence-electron chi connectivity index (χ0n) is 12.3. The van der Waals surface area contributed by atoms with Gasteiger partial charge in [-0.05, 0) is 42.5 Å². The lowest BCUT2D eigenvalue weighted by molar-refractivity contribution is -0.0328. The van der Waals surface area contributed by atoms with E-state index in [4.69, 9.17) is 4.42 Å². The van der Waals surface area contributed by atoms with E-state index >= 15 is 0 Å². The maximum absolute atomic E-state index is 12.2. The molecule has 1 aromatic heterocycles. The SMILES string of the molecule is Cc1cc(O)c(C(=O)C=Cc2ccc(SC(F)(F)F)cc2)c(=O)o1. The molecule has 0 aliphatic heterocycles. The predicted octanol–water partition coefficient (Wildman–Crippen LogP) is 4.16. The van der Waals surface area contributed by atoms with Gasteiger partial charge in [0.2, 0.25) is 0 Å². The van der Waals surface area contributed by atoms with Gasteiger partial charge in [-0.15, -0.1) is 0 Å². The first-order valence-electron chi connectivity index (χ1n) is 6.57. The zero-order chi connectivity index (χ0) is 17.9. The number of thioether (sulfide) groups is 1. The lowest BCUT2D eigenvalue weighted by atomic mass is 10.1. The Bertz CT molecular complexity index is 836. The fourth-order valence-electron chi connectivity index (χ4n) is 1.86. The number of ketones is 1. The molecule has 0 atom stereocenters.